The van der Waals surface area contributed by atoms with Gasteiger partial charge in [-0.05, 0) is 54.2 Å². The predicted octanol–water partition coefficient (Wildman–Crippen LogP) is 3.99. The fraction of sp³-hybridized carbons (Fsp3) is 0.471. The molecule has 0 spiro atoms. The third-order valence-electron chi connectivity index (χ3n) is 3.93. The molecule has 21 heavy (non-hydrogen) atoms. The van der Waals surface area contributed by atoms with Crippen molar-refractivity contribution in [2.45, 2.75) is 52.7 Å². The topological polar surface area (TPSA) is 38.0 Å². The molecule has 0 amide bonds. The molecule has 0 aliphatic heterocycles. The van der Waals surface area contributed by atoms with Crippen molar-refractivity contribution in [1.82, 2.24) is 9.78 Å². The van der Waals surface area contributed by atoms with Crippen LogP contribution in [0.2, 0.25) is 0 Å². The lowest BCUT2D eigenvalue weighted by Crippen LogP contribution is -2.27. The van der Waals surface area contributed by atoms with Crippen LogP contribution in [0.15, 0.2) is 28.7 Å². The van der Waals surface area contributed by atoms with Crippen LogP contribution in [0.3, 0.4) is 0 Å². The maximum atomic E-state index is 11.0. The maximum absolute atomic E-state index is 11.0. The van der Waals surface area contributed by atoms with E-state index in [-0.39, 0.29) is 0 Å². The van der Waals surface area contributed by atoms with Gasteiger partial charge in [-0.25, -0.2) is 0 Å². The monoisotopic (exact) mass is 350 g/mol. The molecule has 4 heteroatoms. The highest BCUT2D eigenvalue weighted by molar-refractivity contribution is 9.10. The fourth-order valence-corrected chi connectivity index (χ4v) is 3.49. The molecule has 0 bridgehead atoms. The van der Waals surface area contributed by atoms with Gasteiger partial charge in [0.2, 0.25) is 0 Å². The molecule has 3 nitrogen and oxygen atoms in total. The van der Waals surface area contributed by atoms with Crippen LogP contribution in [0, 0.1) is 6.92 Å². The molecule has 2 rings (SSSR count). The first-order valence-electron chi connectivity index (χ1n) is 7.43. The van der Waals surface area contributed by atoms with E-state index < -0.39 is 5.60 Å². The van der Waals surface area contributed by atoms with E-state index >= 15 is 0 Å². The SMILES string of the molecule is CCc1nn(CC)c(CC(C)(O)c2ccccc2C)c1Br. The van der Waals surface area contributed by atoms with Crippen molar-refractivity contribution in [3.8, 4) is 0 Å². The van der Waals surface area contributed by atoms with E-state index in [9.17, 15) is 5.11 Å². The highest BCUT2D eigenvalue weighted by Crippen LogP contribution is 2.32. The Morgan fingerprint density at radius 3 is 2.52 bits per heavy atom. The Kier molecular flexibility index (Phi) is 4.89. The van der Waals surface area contributed by atoms with Crippen LogP contribution in [0.25, 0.3) is 0 Å². The summed E-state index contributed by atoms with van der Waals surface area (Å²) in [6.45, 7) is 8.88. The van der Waals surface area contributed by atoms with Crippen molar-refractivity contribution in [3.63, 3.8) is 0 Å². The van der Waals surface area contributed by atoms with Crippen molar-refractivity contribution in [1.29, 1.82) is 0 Å². The lowest BCUT2D eigenvalue weighted by atomic mass is 9.88. The van der Waals surface area contributed by atoms with Crippen LogP contribution in [-0.4, -0.2) is 14.9 Å². The number of aliphatic hydroxyl groups is 1. The van der Waals surface area contributed by atoms with E-state index in [2.05, 4.69) is 34.9 Å². The van der Waals surface area contributed by atoms with Crippen LogP contribution < -0.4 is 0 Å². The standard InChI is InChI=1S/C17H23BrN2O/c1-5-14-16(18)15(20(6-2)19-14)11-17(4,21)13-10-8-7-9-12(13)3/h7-10,21H,5-6,11H2,1-4H3. The second kappa shape index (κ2) is 6.32. The number of aryl methyl sites for hydroxylation is 3. The van der Waals surface area contributed by atoms with E-state index in [4.69, 9.17) is 0 Å². The van der Waals surface area contributed by atoms with Gasteiger partial charge in [0.25, 0.3) is 0 Å². The molecule has 0 aliphatic carbocycles. The third kappa shape index (κ3) is 3.22. The summed E-state index contributed by atoms with van der Waals surface area (Å²) in [5.74, 6) is 0. The van der Waals surface area contributed by atoms with E-state index in [1.165, 1.54) is 0 Å². The third-order valence-corrected chi connectivity index (χ3v) is 4.85. The molecule has 0 saturated carbocycles. The summed E-state index contributed by atoms with van der Waals surface area (Å²) in [6.07, 6.45) is 1.42. The van der Waals surface area contributed by atoms with Crippen LogP contribution in [0.1, 0.15) is 43.3 Å². The van der Waals surface area contributed by atoms with Gasteiger partial charge in [-0.15, -0.1) is 0 Å². The second-order valence-electron chi connectivity index (χ2n) is 5.64. The second-order valence-corrected chi connectivity index (χ2v) is 6.44. The largest absolute Gasteiger partial charge is 0.385 e. The molecular weight excluding hydrogens is 328 g/mol. The van der Waals surface area contributed by atoms with Gasteiger partial charge < -0.3 is 5.11 Å². The molecular formula is C17H23BrN2O. The zero-order chi connectivity index (χ0) is 15.6. The highest BCUT2D eigenvalue weighted by Gasteiger charge is 2.28. The number of benzene rings is 1. The number of rotatable bonds is 5. The molecule has 0 fully saturated rings. The van der Waals surface area contributed by atoms with Crippen molar-refractivity contribution in [3.05, 3.63) is 51.3 Å². The summed E-state index contributed by atoms with van der Waals surface area (Å²) in [5.41, 5.74) is 3.27. The molecule has 1 N–H and O–H groups in total. The molecule has 1 atom stereocenters. The molecule has 0 radical (unpaired) electrons. The van der Waals surface area contributed by atoms with Gasteiger partial charge in [0, 0.05) is 13.0 Å². The lowest BCUT2D eigenvalue weighted by molar-refractivity contribution is 0.0546. The number of aromatic nitrogens is 2. The van der Waals surface area contributed by atoms with Crippen molar-refractivity contribution in [2.75, 3.05) is 0 Å². The molecule has 2 aromatic rings. The fourth-order valence-electron chi connectivity index (χ4n) is 2.78. The Morgan fingerprint density at radius 1 is 1.29 bits per heavy atom. The molecule has 114 valence electrons. The Morgan fingerprint density at radius 2 is 1.95 bits per heavy atom. The highest BCUT2D eigenvalue weighted by atomic mass is 79.9. The van der Waals surface area contributed by atoms with Gasteiger partial charge in [-0.3, -0.25) is 4.68 Å². The van der Waals surface area contributed by atoms with E-state index in [0.717, 1.165) is 40.0 Å². The van der Waals surface area contributed by atoms with Gasteiger partial charge in [-0.1, -0.05) is 31.2 Å². The zero-order valence-electron chi connectivity index (χ0n) is 13.2. The van der Waals surface area contributed by atoms with Crippen LogP contribution in [-0.2, 0) is 25.0 Å². The van der Waals surface area contributed by atoms with Gasteiger partial charge >= 0.3 is 0 Å². The molecule has 1 aromatic carbocycles. The van der Waals surface area contributed by atoms with Crippen LogP contribution in [0.5, 0.6) is 0 Å². The minimum absolute atomic E-state index is 0.541. The predicted molar refractivity (Wildman–Crippen MR) is 89.4 cm³/mol. The first-order chi connectivity index (χ1) is 9.90. The minimum Gasteiger partial charge on any atom is -0.385 e. The first kappa shape index (κ1) is 16.2. The van der Waals surface area contributed by atoms with Gasteiger partial charge in [-0.2, -0.15) is 5.10 Å². The smallest absolute Gasteiger partial charge is 0.0926 e. The van der Waals surface area contributed by atoms with Gasteiger partial charge in [0.05, 0.1) is 21.5 Å². The Balaban J connectivity index is 2.41. The zero-order valence-corrected chi connectivity index (χ0v) is 14.7. The van der Waals surface area contributed by atoms with E-state index in [0.29, 0.717) is 6.42 Å². The summed E-state index contributed by atoms with van der Waals surface area (Å²) >= 11 is 3.65. The summed E-state index contributed by atoms with van der Waals surface area (Å²) in [5, 5.41) is 15.6. The minimum atomic E-state index is -0.911. The van der Waals surface area contributed by atoms with Crippen LogP contribution in [0.4, 0.5) is 0 Å². The normalized spacial score (nSPS) is 14.2. The number of halogens is 1. The lowest BCUT2D eigenvalue weighted by Gasteiger charge is -2.26. The average molecular weight is 351 g/mol. The van der Waals surface area contributed by atoms with Crippen LogP contribution >= 0.6 is 15.9 Å². The quantitative estimate of drug-likeness (QED) is 0.885. The Bertz CT molecular complexity index is 632. The first-order valence-corrected chi connectivity index (χ1v) is 8.22. The number of nitrogens with zero attached hydrogens (tertiary/aromatic N) is 2. The molecule has 1 unspecified atom stereocenters. The van der Waals surface area contributed by atoms with Crippen molar-refractivity contribution in [2.24, 2.45) is 0 Å². The summed E-state index contributed by atoms with van der Waals surface area (Å²) in [6, 6.07) is 8.00. The van der Waals surface area contributed by atoms with E-state index in [1.807, 2.05) is 42.8 Å². The average Bonchev–Trinajstić information content (AvgIpc) is 2.75. The summed E-state index contributed by atoms with van der Waals surface area (Å²) in [7, 11) is 0. The Hall–Kier alpha value is -1.13. The van der Waals surface area contributed by atoms with Gasteiger partial charge in [0.1, 0.15) is 0 Å². The number of hydrogen-bond acceptors (Lipinski definition) is 2. The molecule has 1 aromatic heterocycles. The summed E-state index contributed by atoms with van der Waals surface area (Å²) < 4.78 is 3.01. The van der Waals surface area contributed by atoms with Crippen molar-refractivity contribution < 1.29 is 5.11 Å². The molecule has 1 heterocycles. The van der Waals surface area contributed by atoms with E-state index in [1.54, 1.807) is 0 Å². The molecule has 0 saturated heterocycles. The Labute approximate surface area is 135 Å². The molecule has 0 aliphatic rings. The maximum Gasteiger partial charge on any atom is 0.0926 e. The van der Waals surface area contributed by atoms with Crippen molar-refractivity contribution >= 4 is 15.9 Å². The summed E-state index contributed by atoms with van der Waals surface area (Å²) in [4.78, 5) is 0. The number of hydrogen-bond donors (Lipinski definition) is 1. The van der Waals surface area contributed by atoms with Gasteiger partial charge in [0.15, 0.2) is 0 Å².